The summed E-state index contributed by atoms with van der Waals surface area (Å²) >= 11 is 0. The van der Waals surface area contributed by atoms with Gasteiger partial charge in [-0.15, -0.1) is 0 Å². The molecule has 2 heteroatoms. The summed E-state index contributed by atoms with van der Waals surface area (Å²) in [6.07, 6.45) is 0. The number of hydrogen-bond donors (Lipinski definition) is 0. The van der Waals surface area contributed by atoms with E-state index in [0.29, 0.717) is 0 Å². The molecule has 0 bridgehead atoms. The van der Waals surface area contributed by atoms with Gasteiger partial charge in [0.1, 0.15) is 0 Å². The van der Waals surface area contributed by atoms with Crippen LogP contribution in [-0.2, 0) is 0 Å². The van der Waals surface area contributed by atoms with Crippen molar-refractivity contribution in [2.75, 3.05) is 0 Å². The zero-order valence-electron chi connectivity index (χ0n) is 28.2. The minimum absolute atomic E-state index is 1.19. The van der Waals surface area contributed by atoms with Crippen molar-refractivity contribution in [2.24, 2.45) is 0 Å². The highest BCUT2D eigenvalue weighted by molar-refractivity contribution is 6.44. The van der Waals surface area contributed by atoms with Crippen LogP contribution < -0.4 is 0 Å². The lowest BCUT2D eigenvalue weighted by atomic mass is 9.90. The Bertz CT molecular complexity index is 3230. The maximum atomic E-state index is 2.56. The van der Waals surface area contributed by atoms with Crippen LogP contribution in [0, 0.1) is 0 Å². The van der Waals surface area contributed by atoms with E-state index in [9.17, 15) is 0 Å². The zero-order valence-corrected chi connectivity index (χ0v) is 28.2. The van der Waals surface area contributed by atoms with Gasteiger partial charge in [0.2, 0.25) is 0 Å². The van der Waals surface area contributed by atoms with Crippen LogP contribution in [0.1, 0.15) is 0 Å². The van der Waals surface area contributed by atoms with E-state index in [4.69, 9.17) is 0 Å². The lowest BCUT2D eigenvalue weighted by Crippen LogP contribution is -1.99. The van der Waals surface area contributed by atoms with Crippen molar-refractivity contribution in [3.8, 4) is 11.4 Å². The van der Waals surface area contributed by atoms with Crippen molar-refractivity contribution in [3.05, 3.63) is 182 Å². The number of hydrogen-bond acceptors (Lipinski definition) is 0. The van der Waals surface area contributed by atoms with Gasteiger partial charge in [-0.3, -0.25) is 0 Å². The van der Waals surface area contributed by atoms with Crippen molar-refractivity contribution < 1.29 is 0 Å². The Labute approximate surface area is 299 Å². The summed E-state index contributed by atoms with van der Waals surface area (Å²) in [4.78, 5) is 0. The van der Waals surface area contributed by atoms with E-state index in [1.165, 1.54) is 109 Å². The minimum Gasteiger partial charge on any atom is -0.308 e. The first-order valence-corrected chi connectivity index (χ1v) is 18.0. The molecule has 0 spiro atoms. The molecular weight excluding hydrogens is 629 g/mol. The Balaban J connectivity index is 1.46. The first-order valence-electron chi connectivity index (χ1n) is 18.0. The summed E-state index contributed by atoms with van der Waals surface area (Å²) in [7, 11) is 0. The van der Waals surface area contributed by atoms with Gasteiger partial charge in [0, 0.05) is 43.1 Å². The van der Waals surface area contributed by atoms with Crippen LogP contribution in [0.15, 0.2) is 182 Å². The average molecular weight is 659 g/mol. The summed E-state index contributed by atoms with van der Waals surface area (Å²) in [6, 6.07) is 67.2. The molecule has 2 heterocycles. The summed E-state index contributed by atoms with van der Waals surface area (Å²) in [5.74, 6) is 0. The lowest BCUT2D eigenvalue weighted by molar-refractivity contribution is 1.20. The van der Waals surface area contributed by atoms with Gasteiger partial charge in [0.15, 0.2) is 0 Å². The largest absolute Gasteiger partial charge is 0.308 e. The quantitative estimate of drug-likeness (QED) is 0.164. The van der Waals surface area contributed by atoms with Crippen LogP contribution in [0.3, 0.4) is 0 Å². The van der Waals surface area contributed by atoms with Gasteiger partial charge in [-0.05, 0) is 56.6 Å². The molecule has 0 saturated heterocycles. The fraction of sp³-hybridized carbons (Fsp3) is 0. The summed E-state index contributed by atoms with van der Waals surface area (Å²) < 4.78 is 5.12. The summed E-state index contributed by atoms with van der Waals surface area (Å²) in [5, 5.41) is 17.7. The third kappa shape index (κ3) is 3.53. The van der Waals surface area contributed by atoms with Gasteiger partial charge in [0.25, 0.3) is 0 Å². The Morgan fingerprint density at radius 2 is 0.538 bits per heavy atom. The lowest BCUT2D eigenvalue weighted by Gasteiger charge is -2.18. The van der Waals surface area contributed by atoms with Crippen molar-refractivity contribution in [3.63, 3.8) is 0 Å². The van der Waals surface area contributed by atoms with Gasteiger partial charge in [-0.25, -0.2) is 0 Å². The standard InChI is InChI=1S/C50H30N2/c1-3-19-33-31(15-1)17-13-29-41(33)51-43-27-11-9-25-39(43)45-35-21-5-8-24-38(35)48-47(49(45)51)37-23-7-6-22-36(37)46-40-26-10-12-28-44(40)52(50(46)48)42-30-14-18-32-16-2-4-20-34(32)42/h1-30H. The SMILES string of the molecule is c1ccc2c(-n3c4ccccc4c4c5ccccc5c5c(c6ccccc6c6c7ccccc7n(-c7cccc8ccccc78)c65)c43)cccc2c1. The molecule has 240 valence electrons. The van der Waals surface area contributed by atoms with E-state index in [2.05, 4.69) is 191 Å². The van der Waals surface area contributed by atoms with E-state index < -0.39 is 0 Å². The van der Waals surface area contributed by atoms with E-state index in [1.807, 2.05) is 0 Å². The molecule has 0 fully saturated rings. The van der Waals surface area contributed by atoms with Crippen LogP contribution in [-0.4, -0.2) is 9.13 Å². The number of rotatable bonds is 2. The maximum absolute atomic E-state index is 2.56. The molecule has 52 heavy (non-hydrogen) atoms. The Hall–Kier alpha value is -6.90. The number of aromatic nitrogens is 2. The molecule has 12 rings (SSSR count). The molecule has 0 aliphatic carbocycles. The molecule has 2 aromatic heterocycles. The van der Waals surface area contributed by atoms with Crippen LogP contribution in [0.5, 0.6) is 0 Å². The molecule has 0 radical (unpaired) electrons. The van der Waals surface area contributed by atoms with Gasteiger partial charge < -0.3 is 9.13 Å². The number of nitrogens with zero attached hydrogens (tertiary/aromatic N) is 2. The van der Waals surface area contributed by atoms with Gasteiger partial charge in [0.05, 0.1) is 33.4 Å². The normalized spacial score (nSPS) is 12.2. The van der Waals surface area contributed by atoms with Crippen LogP contribution in [0.25, 0.3) is 109 Å². The van der Waals surface area contributed by atoms with Crippen molar-refractivity contribution in [2.45, 2.75) is 0 Å². The van der Waals surface area contributed by atoms with E-state index in [-0.39, 0.29) is 0 Å². The smallest absolute Gasteiger partial charge is 0.0633 e. The zero-order chi connectivity index (χ0) is 33.9. The Morgan fingerprint density at radius 3 is 0.962 bits per heavy atom. The third-order valence-electron chi connectivity index (χ3n) is 11.4. The number of benzene rings is 10. The molecule has 0 N–H and O–H groups in total. The van der Waals surface area contributed by atoms with Crippen LogP contribution in [0.4, 0.5) is 0 Å². The van der Waals surface area contributed by atoms with E-state index in [1.54, 1.807) is 0 Å². The average Bonchev–Trinajstić information content (AvgIpc) is 3.74. The highest BCUT2D eigenvalue weighted by atomic mass is 15.0. The summed E-state index contributed by atoms with van der Waals surface area (Å²) in [5.41, 5.74) is 7.31. The fourth-order valence-corrected chi connectivity index (χ4v) is 9.41. The second-order valence-corrected chi connectivity index (χ2v) is 14.0. The number of para-hydroxylation sites is 2. The van der Waals surface area contributed by atoms with Crippen molar-refractivity contribution >= 4 is 97.5 Å². The topological polar surface area (TPSA) is 9.86 Å². The fourth-order valence-electron chi connectivity index (χ4n) is 9.41. The summed E-state index contributed by atoms with van der Waals surface area (Å²) in [6.45, 7) is 0. The molecular formula is C50H30N2. The monoisotopic (exact) mass is 658 g/mol. The highest BCUT2D eigenvalue weighted by Crippen LogP contribution is 2.50. The molecule has 0 amide bonds. The van der Waals surface area contributed by atoms with Crippen molar-refractivity contribution in [1.29, 1.82) is 0 Å². The molecule has 0 atom stereocenters. The molecule has 12 aromatic rings. The van der Waals surface area contributed by atoms with Crippen molar-refractivity contribution in [1.82, 2.24) is 9.13 Å². The Kier molecular flexibility index (Phi) is 5.53. The number of fused-ring (bicyclic) bond motifs is 17. The Morgan fingerprint density at radius 1 is 0.231 bits per heavy atom. The molecule has 0 aliphatic rings. The molecule has 2 nitrogen and oxygen atoms in total. The highest BCUT2D eigenvalue weighted by Gasteiger charge is 2.26. The molecule has 0 unspecified atom stereocenters. The van der Waals surface area contributed by atoms with E-state index in [0.717, 1.165) is 0 Å². The minimum atomic E-state index is 1.19. The van der Waals surface area contributed by atoms with Gasteiger partial charge >= 0.3 is 0 Å². The molecule has 10 aromatic carbocycles. The predicted molar refractivity (Wildman–Crippen MR) is 223 cm³/mol. The van der Waals surface area contributed by atoms with Crippen LogP contribution >= 0.6 is 0 Å². The second kappa shape index (κ2) is 10.3. The maximum Gasteiger partial charge on any atom is 0.0633 e. The van der Waals surface area contributed by atoms with E-state index >= 15 is 0 Å². The predicted octanol–water partition coefficient (Wildman–Crippen LogP) is 13.6. The first kappa shape index (κ1) is 27.9. The third-order valence-corrected chi connectivity index (χ3v) is 11.4. The van der Waals surface area contributed by atoms with Gasteiger partial charge in [-0.1, -0.05) is 158 Å². The first-order chi connectivity index (χ1) is 25.9. The van der Waals surface area contributed by atoms with Gasteiger partial charge in [-0.2, -0.15) is 0 Å². The second-order valence-electron chi connectivity index (χ2n) is 14.0. The van der Waals surface area contributed by atoms with Crippen LogP contribution in [0.2, 0.25) is 0 Å². The molecule has 0 aliphatic heterocycles. The molecule has 0 saturated carbocycles.